The van der Waals surface area contributed by atoms with E-state index in [1.807, 2.05) is 24.3 Å². The predicted octanol–water partition coefficient (Wildman–Crippen LogP) is 4.10. The fraction of sp³-hybridized carbons (Fsp3) is 0.318. The highest BCUT2D eigenvalue weighted by atomic mass is 35.5. The number of halogens is 1. The number of nitrogens with zero attached hydrogens (tertiary/aromatic N) is 2. The van der Waals surface area contributed by atoms with Crippen molar-refractivity contribution in [3.05, 3.63) is 64.2 Å². The lowest BCUT2D eigenvalue weighted by atomic mass is 10.1. The van der Waals surface area contributed by atoms with Gasteiger partial charge in [-0.1, -0.05) is 41.6 Å². The van der Waals surface area contributed by atoms with Gasteiger partial charge in [-0.3, -0.25) is 14.5 Å². The van der Waals surface area contributed by atoms with Crippen LogP contribution in [0.1, 0.15) is 29.5 Å². The molecule has 1 saturated heterocycles. The van der Waals surface area contributed by atoms with Crippen molar-refractivity contribution in [3.63, 3.8) is 0 Å². The lowest BCUT2D eigenvalue weighted by Crippen LogP contribution is -2.33. The summed E-state index contributed by atoms with van der Waals surface area (Å²) in [5, 5.41) is 3.38. The molecular formula is C22H22ClN3O2S. The van der Waals surface area contributed by atoms with Crippen LogP contribution in [0.15, 0.2) is 47.5 Å². The van der Waals surface area contributed by atoms with Gasteiger partial charge < -0.3 is 5.32 Å². The highest BCUT2D eigenvalue weighted by Gasteiger charge is 2.39. The van der Waals surface area contributed by atoms with Gasteiger partial charge in [-0.25, -0.2) is 4.99 Å². The number of amides is 2. The highest BCUT2D eigenvalue weighted by molar-refractivity contribution is 8.15. The van der Waals surface area contributed by atoms with Gasteiger partial charge in [-0.2, -0.15) is 0 Å². The number of hydrogen-bond acceptors (Lipinski definition) is 4. The van der Waals surface area contributed by atoms with Crippen LogP contribution in [0.4, 0.5) is 5.69 Å². The third-order valence-corrected chi connectivity index (χ3v) is 6.62. The third kappa shape index (κ3) is 4.49. The number of benzene rings is 2. The van der Waals surface area contributed by atoms with Crippen LogP contribution < -0.4 is 5.32 Å². The van der Waals surface area contributed by atoms with Crippen LogP contribution in [0.25, 0.3) is 0 Å². The molecule has 2 aliphatic rings. The minimum Gasteiger partial charge on any atom is -0.359 e. The van der Waals surface area contributed by atoms with Crippen LogP contribution in [-0.2, 0) is 29.0 Å². The number of nitrogens with one attached hydrogen (secondary N) is 1. The second-order valence-corrected chi connectivity index (χ2v) is 8.85. The molecule has 1 N–H and O–H groups in total. The van der Waals surface area contributed by atoms with Gasteiger partial charge in [0.2, 0.25) is 11.8 Å². The largest absolute Gasteiger partial charge is 0.359 e. The Morgan fingerprint density at radius 1 is 1.24 bits per heavy atom. The van der Waals surface area contributed by atoms with Gasteiger partial charge in [-0.05, 0) is 60.2 Å². The van der Waals surface area contributed by atoms with Crippen LogP contribution in [-0.4, -0.2) is 34.2 Å². The lowest BCUT2D eigenvalue weighted by Gasteiger charge is -2.17. The van der Waals surface area contributed by atoms with Crippen molar-refractivity contribution in [2.24, 2.45) is 4.99 Å². The summed E-state index contributed by atoms with van der Waals surface area (Å²) in [7, 11) is 1.58. The number of aliphatic imine (C=N–C) groups is 1. The van der Waals surface area contributed by atoms with E-state index in [1.54, 1.807) is 18.0 Å². The van der Waals surface area contributed by atoms with Gasteiger partial charge >= 0.3 is 0 Å². The summed E-state index contributed by atoms with van der Waals surface area (Å²) in [6.07, 6.45) is 3.51. The van der Waals surface area contributed by atoms with E-state index in [2.05, 4.69) is 17.4 Å². The average Bonchev–Trinajstić information content (AvgIpc) is 3.28. The summed E-state index contributed by atoms with van der Waals surface area (Å²) >= 11 is 7.47. The molecule has 2 amide bonds. The molecule has 0 aromatic heterocycles. The topological polar surface area (TPSA) is 61.8 Å². The molecule has 0 bridgehead atoms. The summed E-state index contributed by atoms with van der Waals surface area (Å²) in [4.78, 5) is 31.4. The van der Waals surface area contributed by atoms with Crippen molar-refractivity contribution >= 4 is 46.0 Å². The SMILES string of the molecule is CNC(=O)CC1SC(=Nc2ccc3c(c2)CCC3)N(Cc2cccc(Cl)c2)C1=O. The van der Waals surface area contributed by atoms with Crippen molar-refractivity contribution in [3.8, 4) is 0 Å². The average molecular weight is 428 g/mol. The molecule has 150 valence electrons. The first-order chi connectivity index (χ1) is 14.0. The van der Waals surface area contributed by atoms with E-state index in [-0.39, 0.29) is 18.2 Å². The number of hydrogen-bond donors (Lipinski definition) is 1. The van der Waals surface area contributed by atoms with E-state index in [0.717, 1.165) is 24.1 Å². The number of rotatable bonds is 5. The second kappa shape index (κ2) is 8.59. The summed E-state index contributed by atoms with van der Waals surface area (Å²) in [5.74, 6) is -0.254. The normalized spacial score (nSPS) is 19.7. The molecular weight excluding hydrogens is 406 g/mol. The summed E-state index contributed by atoms with van der Waals surface area (Å²) in [5.41, 5.74) is 4.49. The Labute approximate surface area is 179 Å². The van der Waals surface area contributed by atoms with E-state index in [0.29, 0.717) is 16.7 Å². The van der Waals surface area contributed by atoms with Crippen molar-refractivity contribution < 1.29 is 9.59 Å². The van der Waals surface area contributed by atoms with Crippen LogP contribution in [0.5, 0.6) is 0 Å². The number of aryl methyl sites for hydroxylation is 2. The standard InChI is InChI=1S/C22H22ClN3O2S/c1-24-20(27)12-19-21(28)26(13-14-4-2-7-17(23)10-14)22(29-19)25-18-9-8-15-5-3-6-16(15)11-18/h2,4,7-11,19H,3,5-6,12-13H2,1H3,(H,24,27). The fourth-order valence-corrected chi connectivity index (χ4v) is 5.07. The molecule has 1 heterocycles. The fourth-order valence-electron chi connectivity index (χ4n) is 3.70. The Kier molecular flexibility index (Phi) is 5.92. The van der Waals surface area contributed by atoms with Crippen molar-refractivity contribution in [2.75, 3.05) is 7.05 Å². The molecule has 1 fully saturated rings. The molecule has 29 heavy (non-hydrogen) atoms. The maximum atomic E-state index is 13.0. The minimum absolute atomic E-state index is 0.0986. The number of thioether (sulfide) groups is 1. The molecule has 1 aliphatic carbocycles. The maximum absolute atomic E-state index is 13.0. The van der Waals surface area contributed by atoms with E-state index in [1.165, 1.54) is 29.3 Å². The van der Waals surface area contributed by atoms with E-state index in [4.69, 9.17) is 16.6 Å². The van der Waals surface area contributed by atoms with Gasteiger partial charge in [0, 0.05) is 18.5 Å². The quantitative estimate of drug-likeness (QED) is 0.781. The molecule has 1 aliphatic heterocycles. The van der Waals surface area contributed by atoms with Crippen molar-refractivity contribution in [1.29, 1.82) is 0 Å². The Hall–Kier alpha value is -2.31. The van der Waals surface area contributed by atoms with E-state index in [9.17, 15) is 9.59 Å². The van der Waals surface area contributed by atoms with Crippen LogP contribution >= 0.6 is 23.4 Å². The molecule has 0 radical (unpaired) electrons. The molecule has 2 aromatic rings. The van der Waals surface area contributed by atoms with Gasteiger partial charge in [0.05, 0.1) is 12.2 Å². The molecule has 1 atom stereocenters. The van der Waals surface area contributed by atoms with Gasteiger partial charge in [0.15, 0.2) is 5.17 Å². The Balaban J connectivity index is 1.64. The number of amidine groups is 1. The predicted molar refractivity (Wildman–Crippen MR) is 118 cm³/mol. The smallest absolute Gasteiger partial charge is 0.242 e. The zero-order valence-electron chi connectivity index (χ0n) is 16.2. The molecule has 4 rings (SSSR count). The van der Waals surface area contributed by atoms with Gasteiger partial charge in [0.1, 0.15) is 5.25 Å². The molecule has 1 unspecified atom stereocenters. The van der Waals surface area contributed by atoms with Crippen molar-refractivity contribution in [2.45, 2.75) is 37.5 Å². The number of carbonyl (C=O) groups excluding carboxylic acids is 2. The monoisotopic (exact) mass is 427 g/mol. The summed E-state index contributed by atoms with van der Waals surface area (Å²) in [6, 6.07) is 13.7. The van der Waals surface area contributed by atoms with Crippen molar-refractivity contribution in [1.82, 2.24) is 10.2 Å². The minimum atomic E-state index is -0.470. The molecule has 0 spiro atoms. The first-order valence-corrected chi connectivity index (χ1v) is 10.9. The van der Waals surface area contributed by atoms with Crippen LogP contribution in [0, 0.1) is 0 Å². The zero-order valence-corrected chi connectivity index (χ0v) is 17.7. The Morgan fingerprint density at radius 3 is 2.86 bits per heavy atom. The number of fused-ring (bicyclic) bond motifs is 1. The first kappa shape index (κ1) is 20.0. The number of carbonyl (C=O) groups is 2. The molecule has 2 aromatic carbocycles. The van der Waals surface area contributed by atoms with Crippen LogP contribution in [0.2, 0.25) is 5.02 Å². The second-order valence-electron chi connectivity index (χ2n) is 7.24. The van der Waals surface area contributed by atoms with Gasteiger partial charge in [-0.15, -0.1) is 0 Å². The summed E-state index contributed by atoms with van der Waals surface area (Å²) < 4.78 is 0. The van der Waals surface area contributed by atoms with E-state index >= 15 is 0 Å². The van der Waals surface area contributed by atoms with E-state index < -0.39 is 5.25 Å². The molecule has 0 saturated carbocycles. The third-order valence-electron chi connectivity index (χ3n) is 5.21. The van der Waals surface area contributed by atoms with Gasteiger partial charge in [0.25, 0.3) is 0 Å². The highest BCUT2D eigenvalue weighted by Crippen LogP contribution is 2.34. The Morgan fingerprint density at radius 2 is 2.07 bits per heavy atom. The lowest BCUT2D eigenvalue weighted by molar-refractivity contribution is -0.129. The molecule has 5 nitrogen and oxygen atoms in total. The summed E-state index contributed by atoms with van der Waals surface area (Å²) in [6.45, 7) is 0.375. The zero-order chi connectivity index (χ0) is 20.4. The van der Waals surface area contributed by atoms with Crippen LogP contribution in [0.3, 0.4) is 0 Å². The Bertz CT molecular complexity index is 992. The maximum Gasteiger partial charge on any atom is 0.242 e. The first-order valence-electron chi connectivity index (χ1n) is 9.67. The molecule has 7 heteroatoms.